The van der Waals surface area contributed by atoms with Gasteiger partial charge in [-0.1, -0.05) is 0 Å². The molecule has 0 amide bonds. The van der Waals surface area contributed by atoms with Crippen molar-refractivity contribution in [2.75, 3.05) is 0 Å². The average Bonchev–Trinajstić information content (AvgIpc) is 1.90. The molecule has 1 nitrogen and oxygen atoms in total. The molecule has 0 saturated heterocycles. The molecule has 0 aliphatic carbocycles. The molecule has 0 unspecified atom stereocenters. The zero-order valence-electron chi connectivity index (χ0n) is 4.92. The van der Waals surface area contributed by atoms with E-state index in [1.54, 1.807) is 6.92 Å². The summed E-state index contributed by atoms with van der Waals surface area (Å²) in [6.07, 6.45) is 0. The smallest absolute Gasteiger partial charge is 0.169 e. The van der Waals surface area contributed by atoms with Crippen LogP contribution in [0.1, 0.15) is 6.92 Å². The fraction of sp³-hybridized carbons (Fsp3) is 0.250. The monoisotopic (exact) mass is 151 g/mol. The molecule has 0 aliphatic rings. The van der Waals surface area contributed by atoms with Gasteiger partial charge < -0.3 is 0 Å². The Kier molecular flexibility index (Phi) is 4.93. The summed E-state index contributed by atoms with van der Waals surface area (Å²) in [5.41, 5.74) is 0.565. The summed E-state index contributed by atoms with van der Waals surface area (Å²) in [5.74, 6) is 0. The second-order valence-electron chi connectivity index (χ2n) is 1.26. The van der Waals surface area contributed by atoms with Crippen LogP contribution in [-0.2, 0) is 0 Å². The van der Waals surface area contributed by atoms with Crippen molar-refractivity contribution in [1.82, 2.24) is 0 Å². The topological polar surface area (TPSA) is 23.8 Å². The summed E-state index contributed by atoms with van der Waals surface area (Å²) in [6, 6.07) is 1.94. The molecule has 0 bridgehead atoms. The van der Waals surface area contributed by atoms with E-state index in [1.165, 1.54) is 0 Å². The van der Waals surface area contributed by atoms with E-state index in [-0.39, 0.29) is 0 Å². The lowest BCUT2D eigenvalue weighted by atomic mass is 10.4. The molecule has 0 rings (SSSR count). The minimum Gasteiger partial charge on any atom is -0.193 e. The number of hydrogen-bond acceptors (Lipinski definition) is 3. The van der Waals surface area contributed by atoms with Gasteiger partial charge in [0.2, 0.25) is 0 Å². The van der Waals surface area contributed by atoms with Crippen molar-refractivity contribution < 1.29 is 0 Å². The largest absolute Gasteiger partial charge is 0.193 e. The van der Waals surface area contributed by atoms with Crippen LogP contribution in [0.2, 0.25) is 0 Å². The number of nitriles is 1. The molecule has 0 aromatic rings. The predicted molar refractivity (Wildman–Crippen MR) is 45.0 cm³/mol. The van der Waals surface area contributed by atoms with Crippen LogP contribution in [0.5, 0.6) is 0 Å². The molecular weight excluding hydrogens is 148 g/mol. The van der Waals surface area contributed by atoms with Gasteiger partial charge in [-0.15, -0.1) is 0 Å². The fourth-order valence-corrected chi connectivity index (χ4v) is 0.917. The van der Waals surface area contributed by atoms with Gasteiger partial charge in [-0.05, 0) is 6.92 Å². The molecule has 5 heteroatoms. The number of nitrogens with zero attached hydrogens (tertiary/aromatic N) is 1. The van der Waals surface area contributed by atoms with Gasteiger partial charge in [-0.25, -0.2) is 0 Å². The van der Waals surface area contributed by atoms with Crippen molar-refractivity contribution in [2.24, 2.45) is 0 Å². The molecule has 42 valence electrons. The lowest BCUT2D eigenvalue weighted by Crippen LogP contribution is -1.74. The van der Waals surface area contributed by atoms with E-state index in [2.05, 4.69) is 0 Å². The first-order chi connectivity index (χ1) is 4.26. The van der Waals surface area contributed by atoms with Gasteiger partial charge in [0, 0.05) is 9.81 Å². The standard InChI is InChI=1S/C4H3B2NS2/c1-3(2-7)4(8-5)9-6/h1H3. The third-order valence-corrected chi connectivity index (χ3v) is 2.31. The summed E-state index contributed by atoms with van der Waals surface area (Å²) >= 11 is 2.00. The molecule has 0 aliphatic heterocycles. The van der Waals surface area contributed by atoms with Gasteiger partial charge >= 0.3 is 0 Å². The molecule has 0 N–H and O–H groups in total. The summed E-state index contributed by atoms with van der Waals surface area (Å²) in [7, 11) is 10.3. The Bertz CT molecular complexity index is 154. The van der Waals surface area contributed by atoms with Crippen LogP contribution >= 0.6 is 23.2 Å². The molecular formula is C4H3B2NS2. The van der Waals surface area contributed by atoms with Crippen LogP contribution in [0.15, 0.2) is 9.81 Å². The maximum Gasteiger partial charge on any atom is 0.169 e. The number of allylic oxidation sites excluding steroid dienone is 1. The first kappa shape index (κ1) is 9.06. The average molecular weight is 151 g/mol. The van der Waals surface area contributed by atoms with Crippen LogP contribution in [0.25, 0.3) is 0 Å². The molecule has 0 atom stereocenters. The van der Waals surface area contributed by atoms with Crippen molar-refractivity contribution in [3.05, 3.63) is 9.81 Å². The van der Waals surface area contributed by atoms with Crippen molar-refractivity contribution in [1.29, 1.82) is 5.26 Å². The van der Waals surface area contributed by atoms with E-state index < -0.39 is 0 Å². The highest BCUT2D eigenvalue weighted by molar-refractivity contribution is 8.39. The Balaban J connectivity index is 4.23. The summed E-state index contributed by atoms with van der Waals surface area (Å²) in [5, 5.41) is 8.32. The third kappa shape index (κ3) is 2.92. The van der Waals surface area contributed by atoms with E-state index in [9.17, 15) is 0 Å². The lowest BCUT2D eigenvalue weighted by Gasteiger charge is -1.98. The summed E-state index contributed by atoms with van der Waals surface area (Å²) in [6.45, 7) is 1.68. The van der Waals surface area contributed by atoms with Gasteiger partial charge in [0.15, 0.2) is 14.2 Å². The van der Waals surface area contributed by atoms with E-state index in [0.29, 0.717) is 9.81 Å². The Morgan fingerprint density at radius 2 is 1.89 bits per heavy atom. The van der Waals surface area contributed by atoms with Crippen molar-refractivity contribution in [2.45, 2.75) is 6.92 Å². The number of hydrogen-bond donors (Lipinski definition) is 0. The lowest BCUT2D eigenvalue weighted by molar-refractivity contribution is 1.45. The Labute approximate surface area is 65.9 Å². The quantitative estimate of drug-likeness (QED) is 0.439. The van der Waals surface area contributed by atoms with E-state index >= 15 is 0 Å². The summed E-state index contributed by atoms with van der Waals surface area (Å²) < 4.78 is 0.664. The minimum absolute atomic E-state index is 0.565. The van der Waals surface area contributed by atoms with Gasteiger partial charge in [0.25, 0.3) is 0 Å². The van der Waals surface area contributed by atoms with Gasteiger partial charge in [-0.2, -0.15) is 28.5 Å². The predicted octanol–water partition coefficient (Wildman–Crippen LogP) is 1.37. The fourth-order valence-electron chi connectivity index (χ4n) is 0.250. The van der Waals surface area contributed by atoms with Crippen LogP contribution < -0.4 is 0 Å². The first-order valence-corrected chi connectivity index (χ1v) is 3.86. The minimum atomic E-state index is 0.565. The highest BCUT2D eigenvalue weighted by atomic mass is 32.2. The molecule has 0 heterocycles. The van der Waals surface area contributed by atoms with Crippen LogP contribution in [-0.4, -0.2) is 14.2 Å². The Morgan fingerprint density at radius 1 is 1.44 bits per heavy atom. The second-order valence-corrected chi connectivity index (χ2v) is 2.81. The van der Waals surface area contributed by atoms with E-state index in [0.717, 1.165) is 23.2 Å². The van der Waals surface area contributed by atoms with E-state index in [1.807, 2.05) is 6.07 Å². The highest BCUT2D eigenvalue weighted by Gasteiger charge is 1.94. The molecule has 4 radical (unpaired) electrons. The second kappa shape index (κ2) is 4.89. The zero-order valence-corrected chi connectivity index (χ0v) is 6.55. The highest BCUT2D eigenvalue weighted by Crippen LogP contribution is 2.25. The zero-order chi connectivity index (χ0) is 7.28. The SMILES string of the molecule is [B]SC(S[B])=C(C)C#N. The summed E-state index contributed by atoms with van der Waals surface area (Å²) in [4.78, 5) is 0. The van der Waals surface area contributed by atoms with Crippen molar-refractivity contribution in [3.8, 4) is 6.07 Å². The van der Waals surface area contributed by atoms with Gasteiger partial charge in [-0.3, -0.25) is 0 Å². The maximum absolute atomic E-state index is 8.32. The maximum atomic E-state index is 8.32. The first-order valence-electron chi connectivity index (χ1n) is 2.10. The number of rotatable bonds is 2. The van der Waals surface area contributed by atoms with Crippen molar-refractivity contribution >= 4 is 37.5 Å². The van der Waals surface area contributed by atoms with Crippen LogP contribution in [0, 0.1) is 11.3 Å². The molecule has 9 heavy (non-hydrogen) atoms. The van der Waals surface area contributed by atoms with Gasteiger partial charge in [0.1, 0.15) is 0 Å². The Morgan fingerprint density at radius 3 is 2.00 bits per heavy atom. The molecule has 0 fully saturated rings. The Hall–Kier alpha value is 0.0599. The normalized spacial score (nSPS) is 8.00. The molecule has 0 saturated carbocycles. The van der Waals surface area contributed by atoms with E-state index in [4.69, 9.17) is 19.5 Å². The molecule has 0 aromatic heterocycles. The van der Waals surface area contributed by atoms with Crippen molar-refractivity contribution in [3.63, 3.8) is 0 Å². The third-order valence-electron chi connectivity index (χ3n) is 0.688. The van der Waals surface area contributed by atoms with Crippen LogP contribution in [0.4, 0.5) is 0 Å². The molecule has 0 aromatic carbocycles. The molecule has 0 spiro atoms. The van der Waals surface area contributed by atoms with Gasteiger partial charge in [0.05, 0.1) is 6.07 Å². The van der Waals surface area contributed by atoms with Crippen LogP contribution in [0.3, 0.4) is 0 Å².